The second-order valence-corrected chi connectivity index (χ2v) is 20.1. The summed E-state index contributed by atoms with van der Waals surface area (Å²) in [6, 6.07) is 0. The molecule has 0 aromatic rings. The van der Waals surface area contributed by atoms with E-state index in [0.717, 1.165) is 38.5 Å². The Balaban J connectivity index is 1.23. The van der Waals surface area contributed by atoms with Gasteiger partial charge in [-0.05, 0) is 124 Å². The molecular weight excluding hydrogens is 712 g/mol. The largest absolute Gasteiger partial charge is 0.394 e. The third kappa shape index (κ3) is 7.20. The van der Waals surface area contributed by atoms with Gasteiger partial charge >= 0.3 is 0 Å². The van der Waals surface area contributed by atoms with E-state index in [1.807, 2.05) is 6.92 Å². The predicted molar refractivity (Wildman–Crippen MR) is 201 cm³/mol. The fourth-order valence-corrected chi connectivity index (χ4v) is 13.3. The van der Waals surface area contributed by atoms with Gasteiger partial charge in [-0.25, -0.2) is 0 Å². The Labute approximate surface area is 327 Å². The monoisotopic (exact) mass is 784 g/mol. The Bertz CT molecular complexity index is 1370. The van der Waals surface area contributed by atoms with Gasteiger partial charge in [-0.15, -0.1) is 0 Å². The molecule has 6 aliphatic rings. The molecule has 0 spiro atoms. The summed E-state index contributed by atoms with van der Waals surface area (Å²) in [5.74, 6) is 0.445. The van der Waals surface area contributed by atoms with Gasteiger partial charge in [0.05, 0.1) is 31.0 Å². The molecule has 4 saturated carbocycles. The zero-order valence-corrected chi connectivity index (χ0v) is 34.3. The summed E-state index contributed by atoms with van der Waals surface area (Å²) in [7, 11) is 0. The highest BCUT2D eigenvalue weighted by Crippen LogP contribution is 2.76. The molecule has 0 bridgehead atoms. The van der Waals surface area contributed by atoms with E-state index in [0.29, 0.717) is 19.3 Å². The lowest BCUT2D eigenvalue weighted by molar-refractivity contribution is -0.378. The minimum atomic E-state index is -1.75. The van der Waals surface area contributed by atoms with Crippen molar-refractivity contribution in [3.8, 4) is 0 Å². The number of allylic oxidation sites excluding steroid dienone is 2. The number of hydrogen-bond donors (Lipinski definition) is 9. The molecule has 6 fully saturated rings. The van der Waals surface area contributed by atoms with Crippen LogP contribution in [-0.2, 0) is 18.9 Å². The Hall–Kier alpha value is -0.780. The first-order chi connectivity index (χ1) is 25.6. The molecule has 318 valence electrons. The van der Waals surface area contributed by atoms with Crippen LogP contribution >= 0.6 is 0 Å². The Morgan fingerprint density at radius 2 is 1.33 bits per heavy atom. The molecule has 2 saturated heterocycles. The van der Waals surface area contributed by atoms with Crippen LogP contribution < -0.4 is 0 Å². The van der Waals surface area contributed by atoms with E-state index in [1.165, 1.54) is 5.57 Å². The third-order valence-corrected chi connectivity index (χ3v) is 16.6. The topological polar surface area (TPSA) is 219 Å². The summed E-state index contributed by atoms with van der Waals surface area (Å²) in [4.78, 5) is 0. The van der Waals surface area contributed by atoms with Gasteiger partial charge in [-0.3, -0.25) is 0 Å². The number of hydrogen-bond acceptors (Lipinski definition) is 13. The molecule has 0 amide bonds. The number of fused-ring (bicyclic) bond motifs is 5. The Morgan fingerprint density at radius 3 is 1.95 bits per heavy atom. The lowest BCUT2D eigenvalue weighted by Gasteiger charge is -2.70. The molecule has 20 atom stereocenters. The van der Waals surface area contributed by atoms with E-state index >= 15 is 0 Å². The van der Waals surface area contributed by atoms with Crippen molar-refractivity contribution in [3.63, 3.8) is 0 Å². The van der Waals surface area contributed by atoms with E-state index in [-0.39, 0.29) is 39.9 Å². The summed E-state index contributed by atoms with van der Waals surface area (Å²) < 4.78 is 24.4. The maximum absolute atomic E-state index is 12.2. The molecule has 13 nitrogen and oxygen atoms in total. The first-order valence-electron chi connectivity index (χ1n) is 20.9. The summed E-state index contributed by atoms with van der Waals surface area (Å²) in [5, 5.41) is 97.4. The summed E-state index contributed by atoms with van der Waals surface area (Å²) in [6.07, 6.45) is -6.48. The summed E-state index contributed by atoms with van der Waals surface area (Å²) in [6.45, 7) is 16.5. The SMILES string of the molecule is CC(C)=CCC[C@](C)(O)[C@@H]1CC[C@]2(C)[C@@H]1[C@H](O)C[C@@H]1[C@@]3(C)CC[C@H](O[C@@H]4O[C@H](CO)[C@@H](O)[C@H](O)[C@H]4O[C@@H]4O[C@H](CO)[C@@H](O)[C@H](O)[C@H]4O)C(C)(C)[C@@H]3CC[C@]12C. The van der Waals surface area contributed by atoms with Crippen LogP contribution in [0.2, 0.25) is 0 Å². The summed E-state index contributed by atoms with van der Waals surface area (Å²) in [5.41, 5.74) is -0.405. The fourth-order valence-electron chi connectivity index (χ4n) is 13.3. The molecule has 13 heteroatoms. The van der Waals surface area contributed by atoms with Crippen molar-refractivity contribution >= 4 is 0 Å². The van der Waals surface area contributed by atoms with Crippen LogP contribution in [0.3, 0.4) is 0 Å². The predicted octanol–water partition coefficient (Wildman–Crippen LogP) is 2.15. The van der Waals surface area contributed by atoms with E-state index in [2.05, 4.69) is 54.5 Å². The van der Waals surface area contributed by atoms with E-state index in [9.17, 15) is 46.0 Å². The highest BCUT2D eigenvalue weighted by atomic mass is 16.8. The minimum absolute atomic E-state index is 0.00798. The van der Waals surface area contributed by atoms with Gasteiger partial charge in [0.1, 0.15) is 48.8 Å². The molecule has 0 radical (unpaired) electrons. The Kier molecular flexibility index (Phi) is 12.5. The second-order valence-electron chi connectivity index (χ2n) is 20.1. The first kappa shape index (κ1) is 43.8. The van der Waals surface area contributed by atoms with Crippen molar-refractivity contribution < 1.29 is 64.9 Å². The highest BCUT2D eigenvalue weighted by Gasteiger charge is 2.71. The molecule has 4 aliphatic carbocycles. The van der Waals surface area contributed by atoms with Crippen molar-refractivity contribution in [1.82, 2.24) is 0 Å². The van der Waals surface area contributed by atoms with Gasteiger partial charge in [-0.2, -0.15) is 0 Å². The van der Waals surface area contributed by atoms with Crippen molar-refractivity contribution in [2.24, 2.45) is 45.3 Å². The number of aliphatic hydroxyl groups is 9. The molecule has 2 heterocycles. The van der Waals surface area contributed by atoms with Crippen LogP contribution in [0.25, 0.3) is 0 Å². The van der Waals surface area contributed by atoms with E-state index in [4.69, 9.17) is 18.9 Å². The number of ether oxygens (including phenoxy) is 4. The molecule has 0 unspecified atom stereocenters. The number of rotatable bonds is 10. The van der Waals surface area contributed by atoms with Crippen molar-refractivity contribution in [1.29, 1.82) is 0 Å². The van der Waals surface area contributed by atoms with Gasteiger partial charge in [0.15, 0.2) is 12.6 Å². The zero-order chi connectivity index (χ0) is 40.6. The standard InChI is InChI=1S/C42H72O13/c1-21(2)10-9-14-42(8,51)22-11-16-41(7)29(22)23(45)18-27-39(5)15-13-28(38(3,4)26(39)12-17-40(27,41)6)54-37-35(33(49)31(47)25(20-44)53-37)55-36-34(50)32(48)30(46)24(19-43)52-36/h10,22-37,43-51H,9,11-20H2,1-8H3/t22-,23-,24-,25-,26+,27-,28+,29+,30-,31-,32+,33+,34-,35-,36+,37+,39+,40-,41-,42+/m1/s1. The average Bonchev–Trinajstić information content (AvgIpc) is 3.50. The van der Waals surface area contributed by atoms with Gasteiger partial charge in [0.2, 0.25) is 0 Å². The van der Waals surface area contributed by atoms with Crippen LogP contribution in [0.1, 0.15) is 113 Å². The molecular formula is C42H72O13. The molecule has 2 aliphatic heterocycles. The lowest BCUT2D eigenvalue weighted by atomic mass is 9.35. The molecule has 55 heavy (non-hydrogen) atoms. The zero-order valence-electron chi connectivity index (χ0n) is 34.3. The van der Waals surface area contributed by atoms with E-state index in [1.54, 1.807) is 0 Å². The van der Waals surface area contributed by atoms with E-state index < -0.39 is 97.8 Å². The van der Waals surface area contributed by atoms with Gasteiger partial charge in [0, 0.05) is 0 Å². The smallest absolute Gasteiger partial charge is 0.187 e. The average molecular weight is 785 g/mol. The van der Waals surface area contributed by atoms with Crippen LogP contribution in [0.15, 0.2) is 11.6 Å². The molecule has 0 aromatic carbocycles. The fraction of sp³-hybridized carbons (Fsp3) is 0.952. The Morgan fingerprint density at radius 1 is 0.727 bits per heavy atom. The number of aliphatic hydroxyl groups excluding tert-OH is 8. The normalized spacial score (nSPS) is 52.0. The minimum Gasteiger partial charge on any atom is -0.394 e. The molecule has 6 rings (SSSR count). The van der Waals surface area contributed by atoms with Gasteiger partial charge in [-0.1, -0.05) is 46.3 Å². The second kappa shape index (κ2) is 15.7. The maximum Gasteiger partial charge on any atom is 0.187 e. The van der Waals surface area contributed by atoms with Gasteiger partial charge in [0.25, 0.3) is 0 Å². The summed E-state index contributed by atoms with van der Waals surface area (Å²) >= 11 is 0. The molecule has 9 N–H and O–H groups in total. The van der Waals surface area contributed by atoms with Crippen LogP contribution in [0.4, 0.5) is 0 Å². The molecule has 0 aromatic heterocycles. The van der Waals surface area contributed by atoms with Crippen molar-refractivity contribution in [3.05, 3.63) is 11.6 Å². The first-order valence-corrected chi connectivity index (χ1v) is 20.9. The quantitative estimate of drug-likeness (QED) is 0.115. The third-order valence-electron chi connectivity index (χ3n) is 16.6. The lowest BCUT2D eigenvalue weighted by Crippen LogP contribution is -2.68. The van der Waals surface area contributed by atoms with Crippen molar-refractivity contribution in [2.75, 3.05) is 13.2 Å². The maximum atomic E-state index is 12.2. The van der Waals surface area contributed by atoms with Crippen LogP contribution in [0, 0.1) is 45.3 Å². The highest BCUT2D eigenvalue weighted by molar-refractivity contribution is 5.20. The van der Waals surface area contributed by atoms with Crippen LogP contribution in [-0.4, -0.2) is 138 Å². The van der Waals surface area contributed by atoms with Crippen molar-refractivity contribution in [2.45, 2.75) is 192 Å². The van der Waals surface area contributed by atoms with Crippen LogP contribution in [0.5, 0.6) is 0 Å². The van der Waals surface area contributed by atoms with Gasteiger partial charge < -0.3 is 64.9 Å².